The lowest BCUT2D eigenvalue weighted by Gasteiger charge is -2.26. The van der Waals surface area contributed by atoms with Crippen LogP contribution in [0, 0.1) is 45.8 Å². The van der Waals surface area contributed by atoms with E-state index in [2.05, 4.69) is 6.07 Å². The number of allylic oxidation sites excluding steroid dienone is 3. The first kappa shape index (κ1) is 19.8. The van der Waals surface area contributed by atoms with Gasteiger partial charge in [-0.2, -0.15) is 15.8 Å². The Morgan fingerprint density at radius 2 is 2.04 bits per heavy atom. The van der Waals surface area contributed by atoms with Crippen LogP contribution in [0.5, 0.6) is 0 Å². The molecule has 1 aliphatic carbocycles. The van der Waals surface area contributed by atoms with Gasteiger partial charge in [-0.25, -0.2) is 0 Å². The van der Waals surface area contributed by atoms with E-state index < -0.39 is 11.9 Å². The van der Waals surface area contributed by atoms with E-state index in [0.29, 0.717) is 11.3 Å². The molecule has 126 valence electrons. The van der Waals surface area contributed by atoms with Crippen LogP contribution in [0.4, 0.5) is 0 Å². The third-order valence-electron chi connectivity index (χ3n) is 3.98. The number of thioether (sulfide) groups is 1. The third kappa shape index (κ3) is 4.88. The van der Waals surface area contributed by atoms with Crippen molar-refractivity contribution >= 4 is 17.7 Å². The second kappa shape index (κ2) is 10.5. The summed E-state index contributed by atoms with van der Waals surface area (Å²) in [4.78, 5) is 12.8. The molecule has 0 aliphatic heterocycles. The number of nitriles is 3. The Kier molecular flexibility index (Phi) is 8.69. The summed E-state index contributed by atoms with van der Waals surface area (Å²) in [5.74, 6) is -1.81. The van der Waals surface area contributed by atoms with Gasteiger partial charge in [0, 0.05) is 10.8 Å². The molecule has 0 heterocycles. The molecule has 0 aromatic carbocycles. The quantitative estimate of drug-likeness (QED) is 0.555. The molecule has 2 unspecified atom stereocenters. The summed E-state index contributed by atoms with van der Waals surface area (Å²) >= 11 is 1.31. The topological polar surface area (TPSA) is 97.7 Å². The molecule has 0 aromatic heterocycles. The molecule has 1 aliphatic rings. The van der Waals surface area contributed by atoms with Crippen LogP contribution in [-0.4, -0.2) is 18.8 Å². The van der Waals surface area contributed by atoms with Crippen molar-refractivity contribution in [3.8, 4) is 18.2 Å². The minimum atomic E-state index is -0.921. The summed E-state index contributed by atoms with van der Waals surface area (Å²) in [5, 5.41) is 28.0. The van der Waals surface area contributed by atoms with Crippen LogP contribution in [0.25, 0.3) is 0 Å². The largest absolute Gasteiger partial charge is 0.465 e. The molecule has 0 aromatic rings. The third-order valence-corrected chi connectivity index (χ3v) is 4.83. The van der Waals surface area contributed by atoms with E-state index in [0.717, 1.165) is 31.3 Å². The van der Waals surface area contributed by atoms with Gasteiger partial charge in [0.25, 0.3) is 0 Å². The smallest absolute Gasteiger partial charge is 0.323 e. The SMILES string of the molecule is CCOC(=O)C(C#N)C1CCCCC/C=C\1C(SC)=C(C#N)C#N. The maximum absolute atomic E-state index is 12.2. The first-order valence-corrected chi connectivity index (χ1v) is 9.22. The number of nitrogens with zero attached hydrogens (tertiary/aromatic N) is 3. The van der Waals surface area contributed by atoms with Gasteiger partial charge in [0.05, 0.1) is 12.7 Å². The van der Waals surface area contributed by atoms with Gasteiger partial charge in [-0.1, -0.05) is 18.9 Å². The van der Waals surface area contributed by atoms with Crippen molar-refractivity contribution in [2.45, 2.75) is 39.0 Å². The summed E-state index contributed by atoms with van der Waals surface area (Å²) in [6.07, 6.45) is 8.19. The number of esters is 1. The highest BCUT2D eigenvalue weighted by Gasteiger charge is 2.34. The van der Waals surface area contributed by atoms with Gasteiger partial charge >= 0.3 is 5.97 Å². The van der Waals surface area contributed by atoms with Crippen LogP contribution in [0.3, 0.4) is 0 Å². The minimum Gasteiger partial charge on any atom is -0.465 e. The molecule has 0 radical (unpaired) electrons. The van der Waals surface area contributed by atoms with E-state index in [9.17, 15) is 20.6 Å². The molecule has 0 saturated heterocycles. The number of hydrogen-bond acceptors (Lipinski definition) is 6. The molecule has 0 bridgehead atoms. The molecular formula is C18H21N3O2S. The summed E-state index contributed by atoms with van der Waals surface area (Å²) in [6.45, 7) is 1.92. The van der Waals surface area contributed by atoms with Crippen molar-refractivity contribution in [2.75, 3.05) is 12.9 Å². The van der Waals surface area contributed by atoms with Gasteiger partial charge in [0.1, 0.15) is 17.7 Å². The molecule has 1 rings (SSSR count). The molecular weight excluding hydrogens is 322 g/mol. The van der Waals surface area contributed by atoms with Crippen LogP contribution in [-0.2, 0) is 9.53 Å². The van der Waals surface area contributed by atoms with Gasteiger partial charge in [0.2, 0.25) is 0 Å². The van der Waals surface area contributed by atoms with Gasteiger partial charge in [-0.15, -0.1) is 11.8 Å². The van der Waals surface area contributed by atoms with Crippen molar-refractivity contribution in [1.29, 1.82) is 15.8 Å². The number of ether oxygens (including phenoxy) is 1. The highest BCUT2D eigenvalue weighted by atomic mass is 32.2. The maximum atomic E-state index is 12.2. The van der Waals surface area contributed by atoms with Crippen LogP contribution >= 0.6 is 11.8 Å². The van der Waals surface area contributed by atoms with Crippen LogP contribution in [0.15, 0.2) is 22.1 Å². The van der Waals surface area contributed by atoms with E-state index in [1.165, 1.54) is 11.8 Å². The second-order valence-electron chi connectivity index (χ2n) is 5.39. The Labute approximate surface area is 147 Å². The molecule has 5 nitrogen and oxygen atoms in total. The maximum Gasteiger partial charge on any atom is 0.323 e. The van der Waals surface area contributed by atoms with Crippen molar-refractivity contribution in [3.63, 3.8) is 0 Å². The molecule has 0 spiro atoms. The normalized spacial score (nSPS) is 20.6. The van der Waals surface area contributed by atoms with Gasteiger partial charge in [-0.05, 0) is 38.0 Å². The molecule has 0 amide bonds. The highest BCUT2D eigenvalue weighted by Crippen LogP contribution is 2.39. The van der Waals surface area contributed by atoms with E-state index in [4.69, 9.17) is 4.74 Å². The second-order valence-corrected chi connectivity index (χ2v) is 6.21. The van der Waals surface area contributed by atoms with Crippen LogP contribution in [0.1, 0.15) is 39.0 Å². The zero-order chi connectivity index (χ0) is 17.9. The standard InChI is InChI=1S/C18H21N3O2S/c1-3-23-18(22)16(12-21)14-8-6-4-5-7-9-15(14)17(24-2)13(10-19)11-20/h9,14,16H,3-8H2,1-2H3/b15-9+. The average molecular weight is 343 g/mol. The minimum absolute atomic E-state index is 0.0277. The van der Waals surface area contributed by atoms with Crippen molar-refractivity contribution < 1.29 is 9.53 Å². The number of carbonyl (C=O) groups is 1. The fourth-order valence-electron chi connectivity index (χ4n) is 2.89. The Morgan fingerprint density at radius 1 is 1.33 bits per heavy atom. The Hall–Kier alpha value is -2.23. The van der Waals surface area contributed by atoms with E-state index >= 15 is 0 Å². The monoisotopic (exact) mass is 343 g/mol. The van der Waals surface area contributed by atoms with Crippen LogP contribution in [0.2, 0.25) is 0 Å². The van der Waals surface area contributed by atoms with Gasteiger partial charge < -0.3 is 4.74 Å². The number of rotatable bonds is 5. The molecule has 6 heteroatoms. The number of hydrogen-bond donors (Lipinski definition) is 0. The Morgan fingerprint density at radius 3 is 2.58 bits per heavy atom. The van der Waals surface area contributed by atoms with E-state index in [-0.39, 0.29) is 18.1 Å². The molecule has 0 saturated carbocycles. The summed E-state index contributed by atoms with van der Waals surface area (Å²) in [5.41, 5.74) is 0.791. The number of carbonyl (C=O) groups excluding carboxylic acids is 1. The Bertz CT molecular complexity index is 631. The lowest BCUT2D eigenvalue weighted by molar-refractivity contribution is -0.147. The molecule has 0 fully saturated rings. The summed E-state index contributed by atoms with van der Waals surface area (Å²) in [6, 6.07) is 5.93. The van der Waals surface area contributed by atoms with E-state index in [1.54, 1.807) is 13.2 Å². The molecule has 24 heavy (non-hydrogen) atoms. The summed E-state index contributed by atoms with van der Waals surface area (Å²) in [7, 11) is 0. The first-order valence-electron chi connectivity index (χ1n) is 7.99. The lowest BCUT2D eigenvalue weighted by atomic mass is 9.79. The van der Waals surface area contributed by atoms with Crippen molar-refractivity contribution in [1.82, 2.24) is 0 Å². The fraction of sp³-hybridized carbons (Fsp3) is 0.556. The average Bonchev–Trinajstić information content (AvgIpc) is 2.56. The van der Waals surface area contributed by atoms with Gasteiger partial charge in [-0.3, -0.25) is 4.79 Å². The first-order chi connectivity index (χ1) is 11.6. The van der Waals surface area contributed by atoms with E-state index in [1.807, 2.05) is 18.2 Å². The summed E-state index contributed by atoms with van der Waals surface area (Å²) < 4.78 is 5.05. The highest BCUT2D eigenvalue weighted by molar-refractivity contribution is 8.02. The molecule has 0 N–H and O–H groups in total. The predicted octanol–water partition coefficient (Wildman–Crippen LogP) is 3.86. The lowest BCUT2D eigenvalue weighted by Crippen LogP contribution is -2.27. The van der Waals surface area contributed by atoms with Crippen molar-refractivity contribution in [2.24, 2.45) is 11.8 Å². The fourth-order valence-corrected chi connectivity index (χ4v) is 3.65. The molecule has 2 atom stereocenters. The zero-order valence-corrected chi connectivity index (χ0v) is 14.9. The predicted molar refractivity (Wildman–Crippen MR) is 92.2 cm³/mol. The van der Waals surface area contributed by atoms with Crippen molar-refractivity contribution in [3.05, 3.63) is 22.1 Å². The van der Waals surface area contributed by atoms with Crippen LogP contribution < -0.4 is 0 Å². The Balaban J connectivity index is 3.40. The zero-order valence-electron chi connectivity index (χ0n) is 14.0. The van der Waals surface area contributed by atoms with Gasteiger partial charge in [0.15, 0.2) is 5.92 Å².